The zero-order valence-corrected chi connectivity index (χ0v) is 17.8. The van der Waals surface area contributed by atoms with Gasteiger partial charge in [0.15, 0.2) is 0 Å². The number of aryl methyl sites for hydroxylation is 1. The topological polar surface area (TPSA) is 105 Å². The van der Waals surface area contributed by atoms with E-state index in [9.17, 15) is 9.90 Å². The number of nitrogens with zero attached hydrogens (tertiary/aromatic N) is 4. The van der Waals surface area contributed by atoms with Gasteiger partial charge in [-0.15, -0.1) is 10.2 Å². The highest BCUT2D eigenvalue weighted by molar-refractivity contribution is 6.03. The van der Waals surface area contributed by atoms with E-state index < -0.39 is 0 Å². The Labute approximate surface area is 181 Å². The number of hydrogen-bond acceptors (Lipinski definition) is 6. The van der Waals surface area contributed by atoms with Crippen LogP contribution in [0.1, 0.15) is 54.0 Å². The summed E-state index contributed by atoms with van der Waals surface area (Å²) in [4.78, 5) is 17.0. The quantitative estimate of drug-likeness (QED) is 0.542. The highest BCUT2D eigenvalue weighted by Gasteiger charge is 2.22. The van der Waals surface area contributed by atoms with Crippen molar-refractivity contribution in [1.82, 2.24) is 19.7 Å². The summed E-state index contributed by atoms with van der Waals surface area (Å²) >= 11 is 0. The van der Waals surface area contributed by atoms with E-state index in [0.29, 0.717) is 5.69 Å². The molecule has 0 unspecified atom stereocenters. The first-order valence-corrected chi connectivity index (χ1v) is 10.6. The lowest BCUT2D eigenvalue weighted by Crippen LogP contribution is -2.18. The van der Waals surface area contributed by atoms with Crippen LogP contribution >= 0.6 is 0 Å². The molecule has 0 saturated heterocycles. The molecule has 3 aromatic rings. The van der Waals surface area contributed by atoms with E-state index in [1.165, 1.54) is 0 Å². The molecule has 0 radical (unpaired) electrons. The molecule has 1 fully saturated rings. The van der Waals surface area contributed by atoms with Gasteiger partial charge < -0.3 is 20.3 Å². The van der Waals surface area contributed by atoms with Crippen LogP contribution in [-0.2, 0) is 13.5 Å². The number of anilines is 2. The fourth-order valence-corrected chi connectivity index (χ4v) is 3.97. The van der Waals surface area contributed by atoms with E-state index in [2.05, 4.69) is 38.8 Å². The van der Waals surface area contributed by atoms with Crippen LogP contribution in [0.5, 0.6) is 0 Å². The molecule has 8 heteroatoms. The van der Waals surface area contributed by atoms with E-state index in [-0.39, 0.29) is 24.0 Å². The Hall–Kier alpha value is -3.26. The standard InChI is InChI=1S/C23H28N6O2/c1-15(10-22-28-25-14-29(22)2)16-4-3-5-17(11-16)27-23(31)21-13-19(8-9-24-21)26-18-6-7-20(30)12-18/h3-5,8-9,11,13-15,18,20,30H,6-7,10,12H2,1-2H3,(H,24,26)(H,27,31)/t15-,18+,20-/m1/s1. The molecule has 1 aromatic carbocycles. The summed E-state index contributed by atoms with van der Waals surface area (Å²) in [6.45, 7) is 2.13. The maximum absolute atomic E-state index is 12.8. The molecule has 31 heavy (non-hydrogen) atoms. The summed E-state index contributed by atoms with van der Waals surface area (Å²) in [5.74, 6) is 0.894. The fraction of sp³-hybridized carbons (Fsp3) is 0.391. The Balaban J connectivity index is 1.41. The van der Waals surface area contributed by atoms with Gasteiger partial charge in [0.2, 0.25) is 0 Å². The maximum Gasteiger partial charge on any atom is 0.274 e. The number of carbonyl (C=O) groups excluding carboxylic acids is 1. The second kappa shape index (κ2) is 9.26. The van der Waals surface area contributed by atoms with Gasteiger partial charge in [-0.25, -0.2) is 0 Å². The van der Waals surface area contributed by atoms with Crippen LogP contribution in [-0.4, -0.2) is 42.9 Å². The normalized spacial score (nSPS) is 19.2. The number of rotatable bonds is 7. The molecule has 1 aliphatic rings. The van der Waals surface area contributed by atoms with Crippen LogP contribution in [0.4, 0.5) is 11.4 Å². The molecule has 8 nitrogen and oxygen atoms in total. The van der Waals surface area contributed by atoms with E-state index >= 15 is 0 Å². The van der Waals surface area contributed by atoms with Gasteiger partial charge in [0.25, 0.3) is 5.91 Å². The van der Waals surface area contributed by atoms with Crippen LogP contribution in [0, 0.1) is 0 Å². The van der Waals surface area contributed by atoms with E-state index in [1.54, 1.807) is 18.6 Å². The molecule has 1 aliphatic carbocycles. The second-order valence-corrected chi connectivity index (χ2v) is 8.28. The van der Waals surface area contributed by atoms with Crippen LogP contribution in [0.15, 0.2) is 48.9 Å². The number of aliphatic hydroxyl groups is 1. The number of pyridine rings is 1. The van der Waals surface area contributed by atoms with Crippen molar-refractivity contribution in [2.24, 2.45) is 7.05 Å². The lowest BCUT2D eigenvalue weighted by Gasteiger charge is -2.15. The van der Waals surface area contributed by atoms with Crippen molar-refractivity contribution < 1.29 is 9.90 Å². The van der Waals surface area contributed by atoms with Crippen molar-refractivity contribution in [3.05, 3.63) is 66.0 Å². The number of amides is 1. The summed E-state index contributed by atoms with van der Waals surface area (Å²) in [5, 5.41) is 24.1. The highest BCUT2D eigenvalue weighted by Crippen LogP contribution is 2.24. The zero-order valence-electron chi connectivity index (χ0n) is 17.8. The van der Waals surface area contributed by atoms with Crippen molar-refractivity contribution in [2.75, 3.05) is 10.6 Å². The predicted octanol–water partition coefficient (Wildman–Crippen LogP) is 3.13. The molecule has 4 rings (SSSR count). The molecular formula is C23H28N6O2. The van der Waals surface area contributed by atoms with Gasteiger partial charge in [0, 0.05) is 37.1 Å². The van der Waals surface area contributed by atoms with Crippen molar-refractivity contribution >= 4 is 17.3 Å². The number of nitrogens with one attached hydrogen (secondary N) is 2. The van der Waals surface area contributed by atoms with Crippen molar-refractivity contribution in [3.63, 3.8) is 0 Å². The van der Waals surface area contributed by atoms with E-state index in [0.717, 1.165) is 48.4 Å². The average molecular weight is 421 g/mol. The maximum atomic E-state index is 12.8. The van der Waals surface area contributed by atoms with Gasteiger partial charge in [-0.3, -0.25) is 9.78 Å². The largest absolute Gasteiger partial charge is 0.393 e. The van der Waals surface area contributed by atoms with E-state index in [1.807, 2.05) is 35.9 Å². The van der Waals surface area contributed by atoms with Crippen molar-refractivity contribution in [3.8, 4) is 0 Å². The summed E-state index contributed by atoms with van der Waals surface area (Å²) < 4.78 is 1.92. The average Bonchev–Trinajstić information content (AvgIpc) is 3.36. The summed E-state index contributed by atoms with van der Waals surface area (Å²) in [6.07, 6.45) is 6.30. The third kappa shape index (κ3) is 5.27. The molecule has 2 aromatic heterocycles. The Bertz CT molecular complexity index is 1050. The first kappa shape index (κ1) is 21.0. The molecule has 0 aliphatic heterocycles. The predicted molar refractivity (Wildman–Crippen MR) is 119 cm³/mol. The fourth-order valence-electron chi connectivity index (χ4n) is 3.97. The molecule has 3 atom stereocenters. The number of aromatic nitrogens is 4. The SMILES string of the molecule is C[C@H](Cc1nncn1C)c1cccc(NC(=O)c2cc(N[C@H]3CC[C@@H](O)C3)ccn2)c1. The monoisotopic (exact) mass is 420 g/mol. The molecular weight excluding hydrogens is 392 g/mol. The molecule has 3 N–H and O–H groups in total. The Morgan fingerprint density at radius 2 is 2.13 bits per heavy atom. The minimum atomic E-state index is -0.256. The third-order valence-electron chi connectivity index (χ3n) is 5.78. The van der Waals surface area contributed by atoms with Gasteiger partial charge in [0.05, 0.1) is 6.10 Å². The summed E-state index contributed by atoms with van der Waals surface area (Å²) in [7, 11) is 1.93. The van der Waals surface area contributed by atoms with Crippen molar-refractivity contribution in [2.45, 2.75) is 50.7 Å². The van der Waals surface area contributed by atoms with Gasteiger partial charge in [-0.2, -0.15) is 0 Å². The lowest BCUT2D eigenvalue weighted by atomic mass is 9.97. The lowest BCUT2D eigenvalue weighted by molar-refractivity contribution is 0.102. The molecule has 0 spiro atoms. The Morgan fingerprint density at radius 3 is 2.87 bits per heavy atom. The van der Waals surface area contributed by atoms with Crippen LogP contribution in [0.3, 0.4) is 0 Å². The number of aliphatic hydroxyl groups excluding tert-OH is 1. The van der Waals surface area contributed by atoms with Crippen LogP contribution in [0.25, 0.3) is 0 Å². The first-order valence-electron chi connectivity index (χ1n) is 10.6. The Morgan fingerprint density at radius 1 is 1.26 bits per heavy atom. The van der Waals surface area contributed by atoms with Crippen molar-refractivity contribution in [1.29, 1.82) is 0 Å². The smallest absolute Gasteiger partial charge is 0.274 e. The minimum Gasteiger partial charge on any atom is -0.393 e. The molecule has 1 saturated carbocycles. The Kier molecular flexibility index (Phi) is 6.27. The highest BCUT2D eigenvalue weighted by atomic mass is 16.3. The zero-order chi connectivity index (χ0) is 21.8. The molecule has 0 bridgehead atoms. The van der Waals surface area contributed by atoms with Gasteiger partial charge in [-0.1, -0.05) is 19.1 Å². The summed E-state index contributed by atoms with van der Waals surface area (Å²) in [5.41, 5.74) is 3.03. The number of hydrogen-bond donors (Lipinski definition) is 3. The van der Waals surface area contributed by atoms with Gasteiger partial charge in [0.1, 0.15) is 17.8 Å². The first-order chi connectivity index (χ1) is 15.0. The summed E-state index contributed by atoms with van der Waals surface area (Å²) in [6, 6.07) is 11.7. The number of carbonyl (C=O) groups is 1. The van der Waals surface area contributed by atoms with Gasteiger partial charge in [-0.05, 0) is 55.0 Å². The van der Waals surface area contributed by atoms with Crippen LogP contribution < -0.4 is 10.6 Å². The minimum absolute atomic E-state index is 0.223. The molecule has 1 amide bonds. The number of benzene rings is 1. The third-order valence-corrected chi connectivity index (χ3v) is 5.78. The van der Waals surface area contributed by atoms with E-state index in [4.69, 9.17) is 0 Å². The van der Waals surface area contributed by atoms with Gasteiger partial charge >= 0.3 is 0 Å². The van der Waals surface area contributed by atoms with Crippen LogP contribution in [0.2, 0.25) is 0 Å². The molecule has 2 heterocycles. The second-order valence-electron chi connectivity index (χ2n) is 8.28. The molecule has 162 valence electrons.